The predicted molar refractivity (Wildman–Crippen MR) is 275 cm³/mol. The maximum absolute atomic E-state index is 12.8. The van der Waals surface area contributed by atoms with E-state index in [0.29, 0.717) is 19.3 Å². The van der Waals surface area contributed by atoms with Crippen LogP contribution in [-0.2, 0) is 28.6 Å². The molecular formula is C58H112O6. The molecule has 6 heteroatoms. The van der Waals surface area contributed by atoms with Crippen molar-refractivity contribution in [3.05, 3.63) is 0 Å². The fraction of sp³-hybridized carbons (Fsp3) is 0.948. The summed E-state index contributed by atoms with van der Waals surface area (Å²) in [6, 6.07) is 0. The van der Waals surface area contributed by atoms with Crippen molar-refractivity contribution in [2.24, 2.45) is 11.8 Å². The van der Waals surface area contributed by atoms with Crippen molar-refractivity contribution in [3.63, 3.8) is 0 Å². The van der Waals surface area contributed by atoms with Crippen LogP contribution in [0.1, 0.15) is 324 Å². The number of carbonyl (C=O) groups is 3. The van der Waals surface area contributed by atoms with E-state index in [1.165, 1.54) is 212 Å². The molecule has 0 amide bonds. The van der Waals surface area contributed by atoms with Crippen molar-refractivity contribution < 1.29 is 28.6 Å². The predicted octanol–water partition coefficient (Wildman–Crippen LogP) is 18.9. The summed E-state index contributed by atoms with van der Waals surface area (Å²) in [6.07, 6.45) is 53.9. The number of carbonyl (C=O) groups excluding carboxylic acids is 3. The average molecular weight is 906 g/mol. The van der Waals surface area contributed by atoms with E-state index >= 15 is 0 Å². The van der Waals surface area contributed by atoms with Crippen LogP contribution in [0.25, 0.3) is 0 Å². The smallest absolute Gasteiger partial charge is 0.306 e. The van der Waals surface area contributed by atoms with Crippen molar-refractivity contribution in [1.82, 2.24) is 0 Å². The average Bonchev–Trinajstić information content (AvgIpc) is 3.27. The Hall–Kier alpha value is -1.59. The van der Waals surface area contributed by atoms with Crippen LogP contribution in [0.15, 0.2) is 0 Å². The number of unbranched alkanes of at least 4 members (excludes halogenated alkanes) is 37. The molecule has 0 saturated carbocycles. The minimum Gasteiger partial charge on any atom is -0.462 e. The topological polar surface area (TPSA) is 78.9 Å². The van der Waals surface area contributed by atoms with Crippen molar-refractivity contribution in [3.8, 4) is 0 Å². The number of ether oxygens (including phenoxy) is 3. The second-order valence-corrected chi connectivity index (χ2v) is 20.9. The van der Waals surface area contributed by atoms with Gasteiger partial charge >= 0.3 is 17.9 Å². The maximum Gasteiger partial charge on any atom is 0.306 e. The lowest BCUT2D eigenvalue weighted by Crippen LogP contribution is -2.30. The van der Waals surface area contributed by atoms with E-state index < -0.39 is 6.10 Å². The first-order valence-electron chi connectivity index (χ1n) is 28.7. The molecule has 64 heavy (non-hydrogen) atoms. The molecular weight excluding hydrogens is 793 g/mol. The summed E-state index contributed by atoms with van der Waals surface area (Å²) < 4.78 is 16.9. The van der Waals surface area contributed by atoms with Crippen LogP contribution in [0.2, 0.25) is 0 Å². The SMILES string of the molecule is CCCCCCCCCCCCCCCCCCC(=O)OC[C@@H](COC(=O)CCCCCCCCCCC(C)C)OC(=O)CCCCCCCCCCCCCCCCCCC(C)C. The van der Waals surface area contributed by atoms with Gasteiger partial charge in [0.15, 0.2) is 6.10 Å². The Morgan fingerprint density at radius 3 is 0.766 bits per heavy atom. The molecule has 0 aliphatic carbocycles. The third-order valence-corrected chi connectivity index (χ3v) is 13.2. The monoisotopic (exact) mass is 905 g/mol. The van der Waals surface area contributed by atoms with E-state index in [2.05, 4.69) is 34.6 Å². The first kappa shape index (κ1) is 62.4. The molecule has 0 heterocycles. The highest BCUT2D eigenvalue weighted by atomic mass is 16.6. The zero-order valence-electron chi connectivity index (χ0n) is 43.9. The third-order valence-electron chi connectivity index (χ3n) is 13.2. The summed E-state index contributed by atoms with van der Waals surface area (Å²) in [5, 5.41) is 0. The minimum absolute atomic E-state index is 0.0630. The van der Waals surface area contributed by atoms with Gasteiger partial charge in [-0.25, -0.2) is 0 Å². The fourth-order valence-corrected chi connectivity index (χ4v) is 8.87. The number of hydrogen-bond acceptors (Lipinski definition) is 6. The third kappa shape index (κ3) is 51.4. The standard InChI is InChI=1S/C58H112O6/c1-6-7-8-9-10-11-12-13-14-18-21-24-27-33-38-43-48-56(59)62-51-55(52-63-57(60)49-44-39-34-30-29-32-37-42-47-54(4)5)64-58(61)50-45-40-35-28-25-22-19-16-15-17-20-23-26-31-36-41-46-53(2)3/h53-55H,6-52H2,1-5H3/t55-/m0/s1. The second kappa shape index (κ2) is 50.8. The summed E-state index contributed by atoms with van der Waals surface area (Å²) >= 11 is 0. The van der Waals surface area contributed by atoms with E-state index in [9.17, 15) is 14.4 Å². The van der Waals surface area contributed by atoms with Gasteiger partial charge in [0.05, 0.1) is 0 Å². The molecule has 0 N–H and O–H groups in total. The molecule has 0 aliphatic rings. The van der Waals surface area contributed by atoms with E-state index in [1.807, 2.05) is 0 Å². The van der Waals surface area contributed by atoms with E-state index in [0.717, 1.165) is 69.6 Å². The van der Waals surface area contributed by atoms with Gasteiger partial charge in [-0.05, 0) is 31.1 Å². The van der Waals surface area contributed by atoms with Gasteiger partial charge in [0.25, 0.3) is 0 Å². The molecule has 0 saturated heterocycles. The van der Waals surface area contributed by atoms with Crippen LogP contribution in [0.5, 0.6) is 0 Å². The molecule has 6 nitrogen and oxygen atoms in total. The Kier molecular flexibility index (Phi) is 49.6. The van der Waals surface area contributed by atoms with Crippen LogP contribution in [0.4, 0.5) is 0 Å². The Bertz CT molecular complexity index is 978. The van der Waals surface area contributed by atoms with E-state index in [4.69, 9.17) is 14.2 Å². The van der Waals surface area contributed by atoms with Gasteiger partial charge in [0, 0.05) is 19.3 Å². The zero-order chi connectivity index (χ0) is 46.8. The first-order valence-corrected chi connectivity index (χ1v) is 28.7. The number of esters is 3. The first-order chi connectivity index (χ1) is 31.2. The Morgan fingerprint density at radius 2 is 0.516 bits per heavy atom. The lowest BCUT2D eigenvalue weighted by molar-refractivity contribution is -0.167. The van der Waals surface area contributed by atoms with Gasteiger partial charge in [0.2, 0.25) is 0 Å². The van der Waals surface area contributed by atoms with Gasteiger partial charge in [0.1, 0.15) is 13.2 Å². The number of rotatable bonds is 52. The van der Waals surface area contributed by atoms with Gasteiger partial charge in [-0.1, -0.05) is 285 Å². The Morgan fingerprint density at radius 1 is 0.297 bits per heavy atom. The molecule has 0 bridgehead atoms. The summed E-state index contributed by atoms with van der Waals surface area (Å²) in [7, 11) is 0. The maximum atomic E-state index is 12.8. The van der Waals surface area contributed by atoms with Gasteiger partial charge < -0.3 is 14.2 Å². The lowest BCUT2D eigenvalue weighted by Gasteiger charge is -2.18. The quantitative estimate of drug-likeness (QED) is 0.0344. The highest BCUT2D eigenvalue weighted by Crippen LogP contribution is 2.18. The van der Waals surface area contributed by atoms with Gasteiger partial charge in [-0.15, -0.1) is 0 Å². The van der Waals surface area contributed by atoms with Crippen molar-refractivity contribution in [1.29, 1.82) is 0 Å². The van der Waals surface area contributed by atoms with Crippen LogP contribution in [-0.4, -0.2) is 37.2 Å². The van der Waals surface area contributed by atoms with Crippen molar-refractivity contribution in [2.45, 2.75) is 330 Å². The van der Waals surface area contributed by atoms with Crippen LogP contribution < -0.4 is 0 Å². The molecule has 380 valence electrons. The van der Waals surface area contributed by atoms with E-state index in [1.54, 1.807) is 0 Å². The summed E-state index contributed by atoms with van der Waals surface area (Å²) in [5.74, 6) is 0.806. The van der Waals surface area contributed by atoms with Crippen LogP contribution in [0.3, 0.4) is 0 Å². The molecule has 0 aromatic rings. The normalized spacial score (nSPS) is 12.0. The summed E-state index contributed by atoms with van der Waals surface area (Å²) in [4.78, 5) is 38.1. The molecule has 1 atom stereocenters. The largest absolute Gasteiger partial charge is 0.462 e. The van der Waals surface area contributed by atoms with Gasteiger partial charge in [-0.2, -0.15) is 0 Å². The highest BCUT2D eigenvalue weighted by molar-refractivity contribution is 5.71. The van der Waals surface area contributed by atoms with Crippen molar-refractivity contribution in [2.75, 3.05) is 13.2 Å². The van der Waals surface area contributed by atoms with Crippen LogP contribution in [0, 0.1) is 11.8 Å². The summed E-state index contributed by atoms with van der Waals surface area (Å²) in [6.45, 7) is 11.4. The molecule has 0 spiro atoms. The molecule has 0 aliphatic heterocycles. The Labute approximate surface area is 399 Å². The fourth-order valence-electron chi connectivity index (χ4n) is 8.87. The Balaban J connectivity index is 4.26. The van der Waals surface area contributed by atoms with Crippen LogP contribution >= 0.6 is 0 Å². The van der Waals surface area contributed by atoms with Crippen molar-refractivity contribution >= 4 is 17.9 Å². The van der Waals surface area contributed by atoms with Gasteiger partial charge in [-0.3, -0.25) is 14.4 Å². The minimum atomic E-state index is -0.763. The number of hydrogen-bond donors (Lipinski definition) is 0. The zero-order valence-corrected chi connectivity index (χ0v) is 43.9. The second-order valence-electron chi connectivity index (χ2n) is 20.9. The molecule has 0 unspecified atom stereocenters. The molecule has 0 aromatic carbocycles. The molecule has 0 rings (SSSR count). The molecule has 0 radical (unpaired) electrons. The lowest BCUT2D eigenvalue weighted by atomic mass is 10.0. The molecule has 0 fully saturated rings. The highest BCUT2D eigenvalue weighted by Gasteiger charge is 2.19. The summed E-state index contributed by atoms with van der Waals surface area (Å²) in [5.41, 5.74) is 0. The van der Waals surface area contributed by atoms with E-state index in [-0.39, 0.29) is 31.1 Å². The molecule has 0 aromatic heterocycles.